The summed E-state index contributed by atoms with van der Waals surface area (Å²) in [5, 5.41) is 1.12. The van der Waals surface area contributed by atoms with Crippen molar-refractivity contribution in [2.24, 2.45) is 0 Å². The quantitative estimate of drug-likeness (QED) is 0.526. The van der Waals surface area contributed by atoms with Crippen LogP contribution in [0.1, 0.15) is 34.3 Å². The Hall–Kier alpha value is -2.86. The van der Waals surface area contributed by atoms with Crippen molar-refractivity contribution in [3.05, 3.63) is 65.4 Å². The van der Waals surface area contributed by atoms with E-state index >= 15 is 0 Å². The maximum atomic E-state index is 13.0. The lowest BCUT2D eigenvalue weighted by Crippen LogP contribution is -2.39. The molecule has 0 saturated carbocycles. The van der Waals surface area contributed by atoms with Crippen LogP contribution in [0, 0.1) is 0 Å². The number of hydrogen-bond donors (Lipinski definition) is 0. The van der Waals surface area contributed by atoms with Gasteiger partial charge in [-0.1, -0.05) is 24.3 Å². The Morgan fingerprint density at radius 2 is 1.78 bits per heavy atom. The third kappa shape index (κ3) is 3.06. The van der Waals surface area contributed by atoms with E-state index in [1.807, 2.05) is 47.4 Å². The summed E-state index contributed by atoms with van der Waals surface area (Å²) in [5.41, 5.74) is 3.02. The van der Waals surface area contributed by atoms with E-state index in [9.17, 15) is 4.79 Å². The van der Waals surface area contributed by atoms with Crippen LogP contribution < -0.4 is 0 Å². The molecule has 6 heteroatoms. The number of likely N-dealkylation sites (tertiary alicyclic amines) is 1. The van der Waals surface area contributed by atoms with Crippen LogP contribution >= 0.6 is 11.3 Å². The molecule has 0 N–H and O–H groups in total. The molecule has 0 radical (unpaired) electrons. The van der Waals surface area contributed by atoms with Crippen molar-refractivity contribution in [3.63, 3.8) is 0 Å². The number of carbonyl (C=O) groups is 1. The first-order valence-corrected chi connectivity index (χ1v) is 9.96. The zero-order chi connectivity index (χ0) is 18.2. The third-order valence-electron chi connectivity index (χ3n) is 5.04. The fourth-order valence-corrected chi connectivity index (χ4v) is 4.74. The summed E-state index contributed by atoms with van der Waals surface area (Å²) in [7, 11) is 0. The van der Waals surface area contributed by atoms with Gasteiger partial charge in [0, 0.05) is 19.0 Å². The largest absolute Gasteiger partial charge is 0.337 e. The van der Waals surface area contributed by atoms with E-state index in [1.165, 1.54) is 4.70 Å². The van der Waals surface area contributed by atoms with E-state index in [1.54, 1.807) is 17.5 Å². The highest BCUT2D eigenvalue weighted by atomic mass is 32.1. The number of fused-ring (bicyclic) bond motifs is 2. The minimum Gasteiger partial charge on any atom is -0.337 e. The normalized spacial score (nSPS) is 17.5. The summed E-state index contributed by atoms with van der Waals surface area (Å²) in [4.78, 5) is 28.6. The van der Waals surface area contributed by atoms with Gasteiger partial charge in [0.15, 0.2) is 0 Å². The highest BCUT2D eigenvalue weighted by molar-refractivity contribution is 7.18. The molecule has 27 heavy (non-hydrogen) atoms. The van der Waals surface area contributed by atoms with Crippen LogP contribution in [0.25, 0.3) is 21.3 Å². The molecule has 1 aliphatic heterocycles. The summed E-state index contributed by atoms with van der Waals surface area (Å²) < 4.78 is 1.20. The molecule has 0 bridgehead atoms. The number of carbonyl (C=O) groups excluding carboxylic acids is 1. The summed E-state index contributed by atoms with van der Waals surface area (Å²) in [6.45, 7) is 1.45. The first kappa shape index (κ1) is 16.3. The Labute approximate surface area is 160 Å². The molecule has 3 heterocycles. The molecule has 5 nitrogen and oxygen atoms in total. The van der Waals surface area contributed by atoms with Crippen molar-refractivity contribution in [3.8, 4) is 0 Å². The maximum absolute atomic E-state index is 13.0. The van der Waals surface area contributed by atoms with Gasteiger partial charge in [0.2, 0.25) is 0 Å². The number of hydrogen-bond acceptors (Lipinski definition) is 5. The number of amides is 1. The fourth-order valence-electron chi connectivity index (χ4n) is 3.65. The second-order valence-electron chi connectivity index (χ2n) is 6.85. The molecule has 0 spiro atoms. The highest BCUT2D eigenvalue weighted by Gasteiger charge is 2.28. The molecular formula is C21H18N4OS. The standard InChI is InChI=1S/C21H18N4OS/c26-21(18-12-22-15-7-1-2-8-16(15)23-18)25-11-5-6-14(13-25)20-24-17-9-3-4-10-19(17)27-20/h1-4,7-10,12,14H,5-6,11,13H2/t14-/m1/s1. The highest BCUT2D eigenvalue weighted by Crippen LogP contribution is 2.33. The maximum Gasteiger partial charge on any atom is 0.274 e. The predicted molar refractivity (Wildman–Crippen MR) is 107 cm³/mol. The first-order chi connectivity index (χ1) is 13.3. The third-order valence-corrected chi connectivity index (χ3v) is 6.23. The Morgan fingerprint density at radius 1 is 1.00 bits per heavy atom. The molecule has 2 aromatic heterocycles. The van der Waals surface area contributed by atoms with Gasteiger partial charge >= 0.3 is 0 Å². The SMILES string of the molecule is O=C(c1cnc2ccccc2n1)N1CCC[C@@H](c2nc3ccccc3s2)C1. The number of aromatic nitrogens is 3. The van der Waals surface area contributed by atoms with Crippen LogP contribution in [0.3, 0.4) is 0 Å². The number of rotatable bonds is 2. The molecule has 134 valence electrons. The molecule has 4 aromatic rings. The summed E-state index contributed by atoms with van der Waals surface area (Å²) in [6.07, 6.45) is 3.63. The lowest BCUT2D eigenvalue weighted by molar-refractivity contribution is 0.0701. The van der Waals surface area contributed by atoms with Crippen LogP contribution in [-0.4, -0.2) is 38.8 Å². The van der Waals surface area contributed by atoms with E-state index in [0.717, 1.165) is 40.9 Å². The summed E-state index contributed by atoms with van der Waals surface area (Å²) in [5.74, 6) is 0.243. The van der Waals surface area contributed by atoms with E-state index in [0.29, 0.717) is 12.2 Å². The fraction of sp³-hybridized carbons (Fsp3) is 0.238. The number of para-hydroxylation sites is 3. The van der Waals surface area contributed by atoms with Gasteiger partial charge in [0.05, 0.1) is 32.5 Å². The number of piperidine rings is 1. The van der Waals surface area contributed by atoms with Crippen LogP contribution in [-0.2, 0) is 0 Å². The molecule has 5 rings (SSSR count). The van der Waals surface area contributed by atoms with Crippen molar-refractivity contribution < 1.29 is 4.79 Å². The lowest BCUT2D eigenvalue weighted by Gasteiger charge is -2.31. The summed E-state index contributed by atoms with van der Waals surface area (Å²) in [6, 6.07) is 15.8. The zero-order valence-electron chi connectivity index (χ0n) is 14.7. The van der Waals surface area contributed by atoms with Crippen LogP contribution in [0.15, 0.2) is 54.7 Å². The molecular weight excluding hydrogens is 356 g/mol. The van der Waals surface area contributed by atoms with Crippen molar-refractivity contribution in [2.45, 2.75) is 18.8 Å². The Balaban J connectivity index is 1.40. The van der Waals surface area contributed by atoms with E-state index in [4.69, 9.17) is 4.98 Å². The molecule has 1 amide bonds. The van der Waals surface area contributed by atoms with Gasteiger partial charge in [0.1, 0.15) is 5.69 Å². The van der Waals surface area contributed by atoms with Gasteiger partial charge in [-0.25, -0.2) is 9.97 Å². The molecule has 1 saturated heterocycles. The second kappa shape index (κ2) is 6.70. The van der Waals surface area contributed by atoms with Gasteiger partial charge in [0.25, 0.3) is 5.91 Å². The van der Waals surface area contributed by atoms with Gasteiger partial charge in [-0.05, 0) is 37.1 Å². The molecule has 2 aromatic carbocycles. The molecule has 1 fully saturated rings. The molecule has 0 unspecified atom stereocenters. The number of benzene rings is 2. The summed E-state index contributed by atoms with van der Waals surface area (Å²) >= 11 is 1.74. The molecule has 1 atom stereocenters. The Bertz CT molecular complexity index is 1110. The van der Waals surface area contributed by atoms with Gasteiger partial charge in [-0.15, -0.1) is 11.3 Å². The zero-order valence-corrected chi connectivity index (χ0v) is 15.5. The average molecular weight is 374 g/mol. The monoisotopic (exact) mass is 374 g/mol. The van der Waals surface area contributed by atoms with Crippen molar-refractivity contribution in [1.82, 2.24) is 19.9 Å². The predicted octanol–water partition coefficient (Wildman–Crippen LogP) is 4.26. The van der Waals surface area contributed by atoms with Gasteiger partial charge in [-0.3, -0.25) is 9.78 Å². The minimum absolute atomic E-state index is 0.0425. The van der Waals surface area contributed by atoms with Gasteiger partial charge < -0.3 is 4.90 Å². The van der Waals surface area contributed by atoms with Crippen molar-refractivity contribution >= 4 is 38.5 Å². The molecule has 1 aliphatic rings. The average Bonchev–Trinajstić information content (AvgIpc) is 3.17. The first-order valence-electron chi connectivity index (χ1n) is 9.14. The Kier molecular flexibility index (Phi) is 4.05. The minimum atomic E-state index is -0.0425. The Morgan fingerprint density at radius 3 is 2.63 bits per heavy atom. The molecule has 0 aliphatic carbocycles. The number of thiazole rings is 1. The van der Waals surface area contributed by atoms with E-state index in [-0.39, 0.29) is 11.8 Å². The lowest BCUT2D eigenvalue weighted by atomic mass is 9.98. The van der Waals surface area contributed by atoms with Crippen molar-refractivity contribution in [2.75, 3.05) is 13.1 Å². The topological polar surface area (TPSA) is 59.0 Å². The van der Waals surface area contributed by atoms with Crippen LogP contribution in [0.4, 0.5) is 0 Å². The van der Waals surface area contributed by atoms with Crippen LogP contribution in [0.5, 0.6) is 0 Å². The second-order valence-corrected chi connectivity index (χ2v) is 7.92. The van der Waals surface area contributed by atoms with E-state index in [2.05, 4.69) is 16.0 Å². The van der Waals surface area contributed by atoms with Crippen LogP contribution in [0.2, 0.25) is 0 Å². The van der Waals surface area contributed by atoms with Crippen molar-refractivity contribution in [1.29, 1.82) is 0 Å². The number of nitrogens with zero attached hydrogens (tertiary/aromatic N) is 4. The van der Waals surface area contributed by atoms with E-state index < -0.39 is 0 Å². The smallest absolute Gasteiger partial charge is 0.274 e. The van der Waals surface area contributed by atoms with Gasteiger partial charge in [-0.2, -0.15) is 0 Å².